The Morgan fingerprint density at radius 2 is 1.91 bits per heavy atom. The van der Waals surface area contributed by atoms with E-state index in [-0.39, 0.29) is 16.8 Å². The van der Waals surface area contributed by atoms with Gasteiger partial charge >= 0.3 is 0 Å². The Bertz CT molecular complexity index is 783. The Balaban J connectivity index is 2.02. The van der Waals surface area contributed by atoms with Crippen LogP contribution >= 0.6 is 27.3 Å². The van der Waals surface area contributed by atoms with Crippen molar-refractivity contribution < 1.29 is 13.2 Å². The number of halogens is 1. The van der Waals surface area contributed by atoms with E-state index in [0.29, 0.717) is 12.1 Å². The first kappa shape index (κ1) is 18.1. The highest BCUT2D eigenvalue weighted by Crippen LogP contribution is 2.19. The van der Waals surface area contributed by atoms with Crippen molar-refractivity contribution in [2.75, 3.05) is 0 Å². The molecule has 0 bridgehead atoms. The molecule has 0 saturated heterocycles. The highest BCUT2D eigenvalue weighted by atomic mass is 79.9. The second kappa shape index (κ2) is 7.57. The molecule has 8 heteroatoms. The van der Waals surface area contributed by atoms with E-state index in [2.05, 4.69) is 26.0 Å². The standard InChI is InChI=1S/C15H17BrN2O3S2/c1-10(2)18-23(20,21)14-5-3-11(4-6-14)15(19)17-8-13-7-12(16)9-22-13/h3-7,9-10,18H,8H2,1-2H3,(H,17,19). The summed E-state index contributed by atoms with van der Waals surface area (Å²) >= 11 is 4.91. The third-order valence-electron chi connectivity index (χ3n) is 2.86. The van der Waals surface area contributed by atoms with Crippen molar-refractivity contribution in [1.29, 1.82) is 0 Å². The van der Waals surface area contributed by atoms with Gasteiger partial charge in [0, 0.05) is 26.3 Å². The Hall–Kier alpha value is -1.22. The molecule has 0 radical (unpaired) electrons. The number of nitrogens with one attached hydrogen (secondary N) is 2. The summed E-state index contributed by atoms with van der Waals surface area (Å²) in [5.41, 5.74) is 0.420. The summed E-state index contributed by atoms with van der Waals surface area (Å²) in [6.45, 7) is 3.94. The van der Waals surface area contributed by atoms with Crippen LogP contribution in [0.4, 0.5) is 0 Å². The molecule has 0 aliphatic rings. The van der Waals surface area contributed by atoms with Gasteiger partial charge in [-0.3, -0.25) is 4.79 Å². The molecule has 0 aliphatic carbocycles. The molecule has 124 valence electrons. The lowest BCUT2D eigenvalue weighted by Gasteiger charge is -2.10. The minimum absolute atomic E-state index is 0.143. The summed E-state index contributed by atoms with van der Waals surface area (Å²) in [5.74, 6) is -0.240. The minimum atomic E-state index is -3.54. The molecule has 0 saturated carbocycles. The van der Waals surface area contributed by atoms with Crippen molar-refractivity contribution in [2.45, 2.75) is 31.3 Å². The number of benzene rings is 1. The topological polar surface area (TPSA) is 75.3 Å². The Kier molecular flexibility index (Phi) is 5.96. The van der Waals surface area contributed by atoms with Gasteiger partial charge in [-0.15, -0.1) is 11.3 Å². The zero-order valence-electron chi connectivity index (χ0n) is 12.7. The molecule has 23 heavy (non-hydrogen) atoms. The number of rotatable bonds is 6. The van der Waals surface area contributed by atoms with Crippen molar-refractivity contribution in [2.24, 2.45) is 0 Å². The molecule has 1 heterocycles. The molecule has 5 nitrogen and oxygen atoms in total. The number of hydrogen-bond acceptors (Lipinski definition) is 4. The van der Waals surface area contributed by atoms with Crippen LogP contribution in [0.3, 0.4) is 0 Å². The molecule has 0 fully saturated rings. The molecule has 0 unspecified atom stereocenters. The fraction of sp³-hybridized carbons (Fsp3) is 0.267. The molecule has 0 aliphatic heterocycles. The van der Waals surface area contributed by atoms with Crippen LogP contribution < -0.4 is 10.0 Å². The van der Waals surface area contributed by atoms with Crippen LogP contribution in [0, 0.1) is 0 Å². The second-order valence-corrected chi connectivity index (χ2v) is 8.84. The third kappa shape index (κ3) is 5.13. The molecule has 0 spiro atoms. The van der Waals surface area contributed by atoms with E-state index < -0.39 is 10.0 Å². The monoisotopic (exact) mass is 416 g/mol. The molecule has 2 rings (SSSR count). The summed E-state index contributed by atoms with van der Waals surface area (Å²) in [7, 11) is -3.54. The first-order chi connectivity index (χ1) is 10.8. The van der Waals surface area contributed by atoms with Crippen molar-refractivity contribution in [1.82, 2.24) is 10.0 Å². The molecule has 0 atom stereocenters. The van der Waals surface area contributed by atoms with E-state index >= 15 is 0 Å². The number of sulfonamides is 1. The normalized spacial score (nSPS) is 11.7. The van der Waals surface area contributed by atoms with Gasteiger partial charge in [0.05, 0.1) is 11.4 Å². The third-order valence-corrected chi connectivity index (χ3v) is 6.23. The average Bonchev–Trinajstić information content (AvgIpc) is 2.89. The molecule has 1 aromatic carbocycles. The van der Waals surface area contributed by atoms with Gasteiger partial charge in [-0.1, -0.05) is 0 Å². The SMILES string of the molecule is CC(C)NS(=O)(=O)c1ccc(C(=O)NCc2cc(Br)cs2)cc1. The van der Waals surface area contributed by atoms with Gasteiger partial charge in [0.2, 0.25) is 10.0 Å². The lowest BCUT2D eigenvalue weighted by Crippen LogP contribution is -2.30. The van der Waals surface area contributed by atoms with E-state index in [1.165, 1.54) is 24.3 Å². The van der Waals surface area contributed by atoms with Crippen LogP contribution in [0.15, 0.2) is 45.1 Å². The van der Waals surface area contributed by atoms with Crippen molar-refractivity contribution >= 4 is 43.2 Å². The molecule has 1 aromatic heterocycles. The predicted molar refractivity (Wildman–Crippen MR) is 95.1 cm³/mol. The zero-order valence-corrected chi connectivity index (χ0v) is 15.9. The number of hydrogen-bond donors (Lipinski definition) is 2. The maximum atomic E-state index is 12.1. The summed E-state index contributed by atoms with van der Waals surface area (Å²) < 4.78 is 27.5. The van der Waals surface area contributed by atoms with Crippen molar-refractivity contribution in [3.63, 3.8) is 0 Å². The highest BCUT2D eigenvalue weighted by Gasteiger charge is 2.16. The van der Waals surface area contributed by atoms with Crippen LogP contribution in [0.5, 0.6) is 0 Å². The maximum Gasteiger partial charge on any atom is 0.251 e. The summed E-state index contributed by atoms with van der Waals surface area (Å²) in [5, 5.41) is 4.75. The van der Waals surface area contributed by atoms with Gasteiger partial charge in [0.25, 0.3) is 5.91 Å². The van der Waals surface area contributed by atoms with Crippen molar-refractivity contribution in [3.05, 3.63) is 50.6 Å². The maximum absolute atomic E-state index is 12.1. The van der Waals surface area contributed by atoms with Gasteiger partial charge in [-0.05, 0) is 60.1 Å². The van der Waals surface area contributed by atoms with Crippen LogP contribution in [0.1, 0.15) is 29.1 Å². The lowest BCUT2D eigenvalue weighted by atomic mass is 10.2. The predicted octanol–water partition coefficient (Wildman–Crippen LogP) is 3.13. The molecular weight excluding hydrogens is 400 g/mol. The van der Waals surface area contributed by atoms with E-state index in [4.69, 9.17) is 0 Å². The fourth-order valence-electron chi connectivity index (χ4n) is 1.88. The quantitative estimate of drug-likeness (QED) is 0.759. The van der Waals surface area contributed by atoms with Crippen molar-refractivity contribution in [3.8, 4) is 0 Å². The van der Waals surface area contributed by atoms with Crippen LogP contribution in [0.2, 0.25) is 0 Å². The zero-order chi connectivity index (χ0) is 17.0. The average molecular weight is 417 g/mol. The number of amides is 1. The second-order valence-electron chi connectivity index (χ2n) is 5.21. The van der Waals surface area contributed by atoms with Gasteiger partial charge in [0.15, 0.2) is 0 Å². The van der Waals surface area contributed by atoms with Gasteiger partial charge in [-0.25, -0.2) is 13.1 Å². The van der Waals surface area contributed by atoms with E-state index in [1.807, 2.05) is 11.4 Å². The van der Waals surface area contributed by atoms with Crippen LogP contribution in [0.25, 0.3) is 0 Å². The number of thiophene rings is 1. The Labute approximate surface area is 148 Å². The van der Waals surface area contributed by atoms with Gasteiger partial charge < -0.3 is 5.32 Å². The molecular formula is C15H17BrN2O3S2. The van der Waals surface area contributed by atoms with Gasteiger partial charge in [-0.2, -0.15) is 0 Å². The fourth-order valence-corrected chi connectivity index (χ4v) is 4.52. The van der Waals surface area contributed by atoms with Crippen LogP contribution in [-0.4, -0.2) is 20.4 Å². The smallest absolute Gasteiger partial charge is 0.251 e. The highest BCUT2D eigenvalue weighted by molar-refractivity contribution is 9.10. The first-order valence-electron chi connectivity index (χ1n) is 6.91. The lowest BCUT2D eigenvalue weighted by molar-refractivity contribution is 0.0951. The Morgan fingerprint density at radius 1 is 1.26 bits per heavy atom. The number of carbonyl (C=O) groups is 1. The minimum Gasteiger partial charge on any atom is -0.347 e. The van der Waals surface area contributed by atoms with Gasteiger partial charge in [0.1, 0.15) is 0 Å². The first-order valence-corrected chi connectivity index (χ1v) is 10.1. The number of carbonyl (C=O) groups excluding carboxylic acids is 1. The van der Waals surface area contributed by atoms with E-state index in [0.717, 1.165) is 9.35 Å². The molecule has 2 aromatic rings. The largest absolute Gasteiger partial charge is 0.347 e. The summed E-state index contributed by atoms with van der Waals surface area (Å²) in [4.78, 5) is 13.3. The summed E-state index contributed by atoms with van der Waals surface area (Å²) in [6, 6.07) is 7.64. The van der Waals surface area contributed by atoms with E-state index in [9.17, 15) is 13.2 Å². The van der Waals surface area contributed by atoms with E-state index in [1.54, 1.807) is 25.2 Å². The Morgan fingerprint density at radius 3 is 2.43 bits per heavy atom. The molecule has 2 N–H and O–H groups in total. The summed E-state index contributed by atoms with van der Waals surface area (Å²) in [6.07, 6.45) is 0. The van der Waals surface area contributed by atoms with Crippen LogP contribution in [-0.2, 0) is 16.6 Å². The molecule has 1 amide bonds.